The molecule has 0 radical (unpaired) electrons. The van der Waals surface area contributed by atoms with Gasteiger partial charge in [0.2, 0.25) is 23.8 Å². The second-order valence-corrected chi connectivity index (χ2v) is 18.4. The van der Waals surface area contributed by atoms with Gasteiger partial charge >= 0.3 is 49.4 Å². The first-order valence-electron chi connectivity index (χ1n) is 23.0. The summed E-state index contributed by atoms with van der Waals surface area (Å²) in [7, 11) is 0. The molecule has 6 aromatic rings. The van der Waals surface area contributed by atoms with E-state index in [1.807, 2.05) is 54.7 Å². The number of alkyl halides is 24. The van der Waals surface area contributed by atoms with E-state index >= 15 is 0 Å². The Balaban J connectivity index is 0.000000370. The molecule has 0 spiro atoms. The maximum atomic E-state index is 14.2. The molecule has 0 saturated heterocycles. The van der Waals surface area contributed by atoms with Crippen LogP contribution >= 0.6 is 0 Å². The van der Waals surface area contributed by atoms with Gasteiger partial charge in [0.05, 0.1) is 44.5 Å². The molecular formula is C52H34BF24NO2. The van der Waals surface area contributed by atoms with Gasteiger partial charge in [-0.05, 0) is 43.2 Å². The van der Waals surface area contributed by atoms with Crippen molar-refractivity contribution in [2.45, 2.75) is 88.1 Å². The summed E-state index contributed by atoms with van der Waals surface area (Å²) in [5.41, 5.74) is -28.9. The van der Waals surface area contributed by atoms with Crippen LogP contribution in [0.15, 0.2) is 128 Å². The Morgan fingerprint density at radius 1 is 0.375 bits per heavy atom. The van der Waals surface area contributed by atoms with Gasteiger partial charge in [-0.25, -0.2) is 0 Å². The SMILES string of the molecule is FC(F)(F)c1cc([B-](c2cc(C(F)(F)F)cc(C(F)(F)F)c2)(c2cc(C(F)(F)F)cc(C(F)(F)F)c2)c2cc(C(F)(F)F)cc(C(F)(F)F)c2)cc(C(F)(F)F)c1.O=C(C[n+]1ccccc1C(=O)C1CCCCC1)c1ccccc1. The zero-order chi connectivity index (χ0) is 60.0. The Morgan fingerprint density at radius 2 is 0.650 bits per heavy atom. The zero-order valence-corrected chi connectivity index (χ0v) is 39.9. The molecule has 1 fully saturated rings. The average Bonchev–Trinajstić information content (AvgIpc) is 3.35. The van der Waals surface area contributed by atoms with Crippen molar-refractivity contribution in [1.82, 2.24) is 0 Å². The van der Waals surface area contributed by atoms with E-state index in [4.69, 9.17) is 0 Å². The Labute approximate surface area is 435 Å². The summed E-state index contributed by atoms with van der Waals surface area (Å²) in [6, 6.07) is 6.02. The smallest absolute Gasteiger partial charge is 0.287 e. The van der Waals surface area contributed by atoms with E-state index in [-0.39, 0.29) is 24.0 Å². The summed E-state index contributed by atoms with van der Waals surface area (Å²) in [5, 5.41) is 0. The number of aromatic nitrogens is 1. The van der Waals surface area contributed by atoms with Crippen LogP contribution in [-0.2, 0) is 56.0 Å². The summed E-state index contributed by atoms with van der Waals surface area (Å²) < 4.78 is 343. The summed E-state index contributed by atoms with van der Waals surface area (Å²) in [6.45, 7) is 0.207. The van der Waals surface area contributed by atoms with Gasteiger partial charge in [0, 0.05) is 23.6 Å². The topological polar surface area (TPSA) is 38.0 Å². The molecule has 5 aromatic carbocycles. The molecule has 1 saturated carbocycles. The lowest BCUT2D eigenvalue weighted by Crippen LogP contribution is -2.75. The van der Waals surface area contributed by atoms with Gasteiger partial charge in [-0.1, -0.05) is 98.1 Å². The van der Waals surface area contributed by atoms with E-state index in [2.05, 4.69) is 0 Å². The highest BCUT2D eigenvalue weighted by molar-refractivity contribution is 7.20. The molecule has 430 valence electrons. The Bertz CT molecular complexity index is 2780. The molecule has 0 atom stereocenters. The van der Waals surface area contributed by atoms with Crippen molar-refractivity contribution in [2.75, 3.05) is 0 Å². The third kappa shape index (κ3) is 14.3. The van der Waals surface area contributed by atoms with Crippen LogP contribution in [0.4, 0.5) is 105 Å². The Morgan fingerprint density at radius 3 is 0.925 bits per heavy atom. The van der Waals surface area contributed by atoms with Crippen molar-refractivity contribution >= 4 is 39.6 Å². The first kappa shape index (κ1) is 62.2. The molecule has 0 unspecified atom stereocenters. The number of carbonyl (C=O) groups excluding carboxylic acids is 2. The lowest BCUT2D eigenvalue weighted by molar-refractivity contribution is -0.685. The molecule has 3 nitrogen and oxygen atoms in total. The highest BCUT2D eigenvalue weighted by Gasteiger charge is 2.47. The number of halogens is 24. The van der Waals surface area contributed by atoms with E-state index in [0.29, 0.717) is 11.3 Å². The van der Waals surface area contributed by atoms with Gasteiger partial charge < -0.3 is 0 Å². The number of nitrogens with zero attached hydrogens (tertiary/aromatic N) is 1. The molecular weight excluding hydrogens is 1140 g/mol. The van der Waals surface area contributed by atoms with Crippen molar-refractivity contribution in [3.63, 3.8) is 0 Å². The fraction of sp³-hybridized carbons (Fsp3) is 0.288. The second-order valence-electron chi connectivity index (χ2n) is 18.4. The largest absolute Gasteiger partial charge is 0.416 e. The number of hydrogen-bond donors (Lipinski definition) is 0. The van der Waals surface area contributed by atoms with Crippen molar-refractivity contribution in [3.8, 4) is 0 Å². The summed E-state index contributed by atoms with van der Waals surface area (Å²) in [5.74, 6) is 0.329. The van der Waals surface area contributed by atoms with Crippen LogP contribution < -0.4 is 26.4 Å². The summed E-state index contributed by atoms with van der Waals surface area (Å²) in [4.78, 5) is 25.2. The zero-order valence-electron chi connectivity index (χ0n) is 39.9. The molecule has 0 bridgehead atoms. The van der Waals surface area contributed by atoms with Crippen molar-refractivity contribution < 1.29 is 120 Å². The normalized spacial score (nSPS) is 14.6. The molecule has 0 N–H and O–H groups in total. The van der Waals surface area contributed by atoms with Gasteiger partial charge in [0.1, 0.15) is 6.15 Å². The molecule has 1 aromatic heterocycles. The van der Waals surface area contributed by atoms with Gasteiger partial charge in [-0.2, -0.15) is 132 Å². The third-order valence-electron chi connectivity index (χ3n) is 13.0. The van der Waals surface area contributed by atoms with Crippen LogP contribution in [0.2, 0.25) is 0 Å². The lowest BCUT2D eigenvalue weighted by Gasteiger charge is -2.46. The van der Waals surface area contributed by atoms with E-state index in [1.54, 1.807) is 4.57 Å². The quantitative estimate of drug-likeness (QED) is 0.0626. The van der Waals surface area contributed by atoms with Crippen molar-refractivity contribution in [2.24, 2.45) is 5.92 Å². The molecule has 28 heteroatoms. The highest BCUT2D eigenvalue weighted by atomic mass is 19.4. The summed E-state index contributed by atoms with van der Waals surface area (Å²) in [6.07, 6.45) is -47.5. The fourth-order valence-corrected chi connectivity index (χ4v) is 9.35. The number of ketones is 2. The van der Waals surface area contributed by atoms with Crippen LogP contribution in [0.1, 0.15) is 97.5 Å². The summed E-state index contributed by atoms with van der Waals surface area (Å²) >= 11 is 0. The lowest BCUT2D eigenvalue weighted by atomic mass is 9.12. The number of Topliss-reactive ketones (excluding diaryl/α,β-unsaturated/α-hetero) is 2. The van der Waals surface area contributed by atoms with Crippen molar-refractivity contribution in [3.05, 3.63) is 183 Å². The van der Waals surface area contributed by atoms with E-state index in [0.717, 1.165) is 25.7 Å². The predicted molar refractivity (Wildman–Crippen MR) is 238 cm³/mol. The van der Waals surface area contributed by atoms with Crippen LogP contribution in [0, 0.1) is 5.92 Å². The molecule has 1 heterocycles. The standard InChI is InChI=1S/C32H12BF24.C20H22NO2/c34-25(35,36)13-1-14(26(37,38)39)6-21(5-13)33(22-7-15(27(40,41)42)2-16(8-22)28(43,44)45,23-9-17(29(46,47)48)3-18(10-23)30(49,50)51)24-11-19(31(52,53)54)4-20(12-24)32(55,56)57;22-19(16-9-3-1-4-10-16)15-21-14-8-7-13-18(21)20(23)17-11-5-2-6-12-17/h1-12H;1,3-4,7-10,13-14,17H,2,5-6,11-12,15H2/q-1;+1. The van der Waals surface area contributed by atoms with E-state index < -0.39 is 195 Å². The third-order valence-corrected chi connectivity index (χ3v) is 13.0. The van der Waals surface area contributed by atoms with E-state index in [9.17, 15) is 115 Å². The van der Waals surface area contributed by atoms with Gasteiger partial charge in [0.25, 0.3) is 0 Å². The highest BCUT2D eigenvalue weighted by Crippen LogP contribution is 2.41. The van der Waals surface area contributed by atoms with Crippen LogP contribution in [0.5, 0.6) is 0 Å². The molecule has 0 aliphatic heterocycles. The van der Waals surface area contributed by atoms with Gasteiger partial charge in [-0.3, -0.25) is 9.59 Å². The minimum absolute atomic E-state index is 0.0273. The number of hydrogen-bond acceptors (Lipinski definition) is 2. The minimum Gasteiger partial charge on any atom is -0.287 e. The monoisotopic (exact) mass is 1170 g/mol. The maximum Gasteiger partial charge on any atom is 0.416 e. The number of pyridine rings is 1. The van der Waals surface area contributed by atoms with Crippen LogP contribution in [0.25, 0.3) is 0 Å². The van der Waals surface area contributed by atoms with E-state index in [1.165, 1.54) is 6.42 Å². The number of carbonyl (C=O) groups is 2. The molecule has 1 aliphatic rings. The molecule has 1 aliphatic carbocycles. The Hall–Kier alpha value is -7.03. The van der Waals surface area contributed by atoms with Crippen molar-refractivity contribution in [1.29, 1.82) is 0 Å². The second kappa shape index (κ2) is 22.1. The van der Waals surface area contributed by atoms with Gasteiger partial charge in [-0.15, -0.1) is 0 Å². The number of rotatable bonds is 9. The van der Waals surface area contributed by atoms with Crippen LogP contribution in [0.3, 0.4) is 0 Å². The first-order valence-corrected chi connectivity index (χ1v) is 23.0. The average molecular weight is 1170 g/mol. The molecule has 0 amide bonds. The fourth-order valence-electron chi connectivity index (χ4n) is 9.35. The molecule has 80 heavy (non-hydrogen) atoms. The predicted octanol–water partition coefficient (Wildman–Crippen LogP) is 14.8. The minimum atomic E-state index is -6.13. The maximum absolute atomic E-state index is 14.2. The van der Waals surface area contributed by atoms with Gasteiger partial charge in [0.15, 0.2) is 6.20 Å². The Kier molecular flexibility index (Phi) is 17.2. The number of benzene rings is 5. The van der Waals surface area contributed by atoms with Crippen LogP contribution in [-0.4, -0.2) is 17.7 Å². The first-order chi connectivity index (χ1) is 36.5. The molecule has 7 rings (SSSR count).